The lowest BCUT2D eigenvalue weighted by Crippen LogP contribution is -2.35. The number of likely N-dealkylation sites (N-methyl/N-ethyl adjacent to an activating group) is 1. The van der Waals surface area contributed by atoms with Gasteiger partial charge in [-0.05, 0) is 55.6 Å². The van der Waals surface area contributed by atoms with Crippen LogP contribution in [-0.2, 0) is 11.3 Å². The molecule has 6 nitrogen and oxygen atoms in total. The molecule has 0 bridgehead atoms. The van der Waals surface area contributed by atoms with Gasteiger partial charge in [-0.3, -0.25) is 9.36 Å². The number of halogens is 2. The number of hydrogen-bond acceptors (Lipinski definition) is 4. The summed E-state index contributed by atoms with van der Waals surface area (Å²) in [6.45, 7) is 0.583. The van der Waals surface area contributed by atoms with Gasteiger partial charge < -0.3 is 15.5 Å². The van der Waals surface area contributed by atoms with Crippen LogP contribution < -0.4 is 10.6 Å². The Morgan fingerprint density at radius 1 is 1.14 bits per heavy atom. The normalized spacial score (nSPS) is 12.7. The first-order chi connectivity index (χ1) is 14.0. The molecule has 29 heavy (non-hydrogen) atoms. The van der Waals surface area contributed by atoms with E-state index in [1.165, 1.54) is 12.1 Å². The van der Waals surface area contributed by atoms with Crippen molar-refractivity contribution in [3.8, 4) is 11.3 Å². The molecule has 1 aromatic heterocycles. The molecule has 0 spiro atoms. The third-order valence-corrected chi connectivity index (χ3v) is 4.82. The van der Waals surface area contributed by atoms with E-state index in [0.29, 0.717) is 23.1 Å². The molecule has 148 valence electrons. The molecular formula is C21H19ClFN5O. The van der Waals surface area contributed by atoms with Gasteiger partial charge in [0.15, 0.2) is 0 Å². The molecule has 2 N–H and O–H groups in total. The monoisotopic (exact) mass is 411 g/mol. The lowest BCUT2D eigenvalue weighted by Gasteiger charge is -2.22. The van der Waals surface area contributed by atoms with E-state index in [1.807, 2.05) is 16.7 Å². The minimum Gasteiger partial charge on any atom is -0.339 e. The quantitative estimate of drug-likeness (QED) is 0.664. The van der Waals surface area contributed by atoms with Gasteiger partial charge in [-0.25, -0.2) is 9.37 Å². The topological polar surface area (TPSA) is 62.2 Å². The van der Waals surface area contributed by atoms with Crippen molar-refractivity contribution in [1.82, 2.24) is 19.8 Å². The maximum absolute atomic E-state index is 13.4. The summed E-state index contributed by atoms with van der Waals surface area (Å²) in [5.41, 5.74) is 2.27. The van der Waals surface area contributed by atoms with E-state index >= 15 is 0 Å². The average molecular weight is 412 g/mol. The van der Waals surface area contributed by atoms with Gasteiger partial charge in [0.25, 0.3) is 0 Å². The molecule has 0 unspecified atom stereocenters. The van der Waals surface area contributed by atoms with Crippen molar-refractivity contribution >= 4 is 35.2 Å². The summed E-state index contributed by atoms with van der Waals surface area (Å²) in [5, 5.41) is 6.88. The molecular weight excluding hydrogens is 393 g/mol. The van der Waals surface area contributed by atoms with Gasteiger partial charge in [0.2, 0.25) is 5.91 Å². The van der Waals surface area contributed by atoms with Crippen LogP contribution in [-0.4, -0.2) is 34.0 Å². The van der Waals surface area contributed by atoms with Crippen LogP contribution in [0.2, 0.25) is 5.02 Å². The number of carbonyl (C=O) groups excluding carboxylic acids is 1. The molecule has 1 aliphatic heterocycles. The number of nitrogens with one attached hydrogen (secondary N) is 2. The van der Waals surface area contributed by atoms with Crippen molar-refractivity contribution in [3.05, 3.63) is 71.4 Å². The number of hydrogen-bond donors (Lipinski definition) is 2. The van der Waals surface area contributed by atoms with Gasteiger partial charge in [0, 0.05) is 28.7 Å². The lowest BCUT2D eigenvalue weighted by molar-refractivity contribution is -0.128. The van der Waals surface area contributed by atoms with Crippen LogP contribution in [0.25, 0.3) is 17.5 Å². The van der Waals surface area contributed by atoms with Crippen molar-refractivity contribution in [1.29, 1.82) is 0 Å². The van der Waals surface area contributed by atoms with E-state index in [0.717, 1.165) is 17.1 Å². The predicted molar refractivity (Wildman–Crippen MR) is 112 cm³/mol. The predicted octanol–water partition coefficient (Wildman–Crippen LogP) is 4.08. The molecule has 2 heterocycles. The Labute approximate surface area is 172 Å². The second-order valence-electron chi connectivity index (χ2n) is 6.58. The van der Waals surface area contributed by atoms with Gasteiger partial charge >= 0.3 is 0 Å². The molecule has 0 radical (unpaired) electrons. The third-order valence-electron chi connectivity index (χ3n) is 4.56. The number of carbonyl (C=O) groups is 1. The number of benzene rings is 2. The zero-order chi connectivity index (χ0) is 20.4. The highest BCUT2D eigenvalue weighted by molar-refractivity contribution is 6.30. The molecule has 0 saturated carbocycles. The Morgan fingerprint density at radius 2 is 1.86 bits per heavy atom. The van der Waals surface area contributed by atoms with Crippen LogP contribution in [0.5, 0.6) is 0 Å². The summed E-state index contributed by atoms with van der Waals surface area (Å²) < 4.78 is 15.3. The number of amides is 1. The van der Waals surface area contributed by atoms with Crippen LogP contribution in [0.1, 0.15) is 5.82 Å². The number of aromatic nitrogens is 2. The number of fused-ring (bicyclic) bond motifs is 1. The fraction of sp³-hybridized carbons (Fsp3) is 0.143. The van der Waals surface area contributed by atoms with E-state index in [-0.39, 0.29) is 18.3 Å². The van der Waals surface area contributed by atoms with Crippen LogP contribution in [0.3, 0.4) is 0 Å². The van der Waals surface area contributed by atoms with E-state index in [1.54, 1.807) is 48.6 Å². The van der Waals surface area contributed by atoms with Gasteiger partial charge in [-0.2, -0.15) is 0 Å². The highest BCUT2D eigenvalue weighted by atomic mass is 35.5. The lowest BCUT2D eigenvalue weighted by atomic mass is 10.1. The summed E-state index contributed by atoms with van der Waals surface area (Å²) in [6.07, 6.45) is 3.53. The highest BCUT2D eigenvalue weighted by Crippen LogP contribution is 2.33. The molecule has 8 heteroatoms. The van der Waals surface area contributed by atoms with Crippen molar-refractivity contribution in [3.63, 3.8) is 0 Å². The molecule has 0 aliphatic carbocycles. The van der Waals surface area contributed by atoms with Crippen LogP contribution in [0.4, 0.5) is 15.9 Å². The first-order valence-corrected chi connectivity index (χ1v) is 9.45. The van der Waals surface area contributed by atoms with Crippen LogP contribution in [0, 0.1) is 5.82 Å². The summed E-state index contributed by atoms with van der Waals surface area (Å²) in [6, 6.07) is 13.5. The SMILES string of the molecule is CNCC(=O)N1C=Cn2c(nc(-c3ccc(F)cc3)c2Nc2ccc(Cl)cc2)C1. The molecule has 3 aromatic rings. The minimum atomic E-state index is -0.311. The van der Waals surface area contributed by atoms with E-state index in [4.69, 9.17) is 16.6 Å². The molecule has 0 atom stereocenters. The maximum Gasteiger partial charge on any atom is 0.240 e. The molecule has 1 amide bonds. The van der Waals surface area contributed by atoms with Crippen molar-refractivity contribution < 1.29 is 9.18 Å². The number of imidazole rings is 1. The smallest absolute Gasteiger partial charge is 0.240 e. The van der Waals surface area contributed by atoms with E-state index < -0.39 is 0 Å². The van der Waals surface area contributed by atoms with Gasteiger partial charge in [0.1, 0.15) is 23.2 Å². The summed E-state index contributed by atoms with van der Waals surface area (Å²) in [5.74, 6) is 1.07. The van der Waals surface area contributed by atoms with Gasteiger partial charge in [0.05, 0.1) is 13.1 Å². The van der Waals surface area contributed by atoms with Crippen molar-refractivity contribution in [2.75, 3.05) is 18.9 Å². The summed E-state index contributed by atoms with van der Waals surface area (Å²) in [4.78, 5) is 18.6. The third kappa shape index (κ3) is 4.01. The van der Waals surface area contributed by atoms with Crippen molar-refractivity contribution in [2.24, 2.45) is 0 Å². The fourth-order valence-electron chi connectivity index (χ4n) is 3.13. The first-order valence-electron chi connectivity index (χ1n) is 9.07. The second-order valence-corrected chi connectivity index (χ2v) is 7.02. The van der Waals surface area contributed by atoms with Crippen LogP contribution >= 0.6 is 11.6 Å². The molecule has 1 aliphatic rings. The van der Waals surface area contributed by atoms with Crippen molar-refractivity contribution in [2.45, 2.75) is 6.54 Å². The highest BCUT2D eigenvalue weighted by Gasteiger charge is 2.24. The Balaban J connectivity index is 1.75. The fourth-order valence-corrected chi connectivity index (χ4v) is 3.25. The van der Waals surface area contributed by atoms with E-state index in [2.05, 4.69) is 10.6 Å². The zero-order valence-corrected chi connectivity index (χ0v) is 16.4. The number of rotatable bonds is 5. The number of anilines is 2. The second kappa shape index (κ2) is 8.06. The van der Waals surface area contributed by atoms with Gasteiger partial charge in [-0.1, -0.05) is 11.6 Å². The number of nitrogens with zero attached hydrogens (tertiary/aromatic N) is 3. The van der Waals surface area contributed by atoms with Crippen LogP contribution in [0.15, 0.2) is 54.7 Å². The first kappa shape index (κ1) is 19.2. The molecule has 0 saturated heterocycles. The summed E-state index contributed by atoms with van der Waals surface area (Å²) in [7, 11) is 1.73. The molecule has 4 rings (SSSR count). The summed E-state index contributed by atoms with van der Waals surface area (Å²) >= 11 is 5.99. The maximum atomic E-state index is 13.4. The zero-order valence-electron chi connectivity index (χ0n) is 15.7. The Morgan fingerprint density at radius 3 is 2.55 bits per heavy atom. The Hall–Kier alpha value is -3.16. The van der Waals surface area contributed by atoms with E-state index in [9.17, 15) is 9.18 Å². The average Bonchev–Trinajstić information content (AvgIpc) is 3.08. The van der Waals surface area contributed by atoms with Gasteiger partial charge in [-0.15, -0.1) is 0 Å². The minimum absolute atomic E-state index is 0.0476. The Bertz CT molecular complexity index is 1060. The Kier molecular flexibility index (Phi) is 5.33. The standard InChI is InChI=1S/C21H19ClFN5O/c1-24-12-19(29)27-10-11-28-18(13-27)26-20(14-2-6-16(23)7-3-14)21(28)25-17-8-4-15(22)5-9-17/h2-11,24-25H,12-13H2,1H3. The molecule has 2 aromatic carbocycles. The largest absolute Gasteiger partial charge is 0.339 e. The molecule has 0 fully saturated rings.